The summed E-state index contributed by atoms with van der Waals surface area (Å²) in [5.74, 6) is 0.217. The molecule has 1 atom stereocenters. The van der Waals surface area contributed by atoms with E-state index in [9.17, 15) is 4.79 Å². The minimum atomic E-state index is 0.217. The molecular formula is C23H48N2O. The Morgan fingerprint density at radius 3 is 1.50 bits per heavy atom. The summed E-state index contributed by atoms with van der Waals surface area (Å²) in [4.78, 5) is 13.9. The third-order valence-electron chi connectivity index (χ3n) is 5.05. The quantitative estimate of drug-likeness (QED) is 0.271. The van der Waals surface area contributed by atoms with E-state index < -0.39 is 0 Å². The topological polar surface area (TPSA) is 32.3 Å². The van der Waals surface area contributed by atoms with Gasteiger partial charge in [0.25, 0.3) is 0 Å². The van der Waals surface area contributed by atoms with Crippen molar-refractivity contribution in [3.63, 3.8) is 0 Å². The van der Waals surface area contributed by atoms with Gasteiger partial charge in [0.15, 0.2) is 0 Å². The molecule has 3 nitrogen and oxygen atoms in total. The van der Waals surface area contributed by atoms with Gasteiger partial charge in [0, 0.05) is 19.0 Å². The number of carbonyl (C=O) groups is 1. The lowest BCUT2D eigenvalue weighted by atomic mass is 10.0. The highest BCUT2D eigenvalue weighted by molar-refractivity contribution is 5.76. The lowest BCUT2D eigenvalue weighted by Crippen LogP contribution is -2.39. The van der Waals surface area contributed by atoms with E-state index in [0.29, 0.717) is 6.42 Å². The van der Waals surface area contributed by atoms with Gasteiger partial charge in [0.2, 0.25) is 5.91 Å². The molecule has 1 amide bonds. The van der Waals surface area contributed by atoms with Gasteiger partial charge in [0.05, 0.1) is 0 Å². The number of amides is 1. The maximum atomic E-state index is 11.8. The number of hydrogen-bond donors (Lipinski definition) is 1. The average molecular weight is 369 g/mol. The zero-order valence-corrected chi connectivity index (χ0v) is 18.5. The van der Waals surface area contributed by atoms with Gasteiger partial charge in [0.1, 0.15) is 0 Å². The Kier molecular flexibility index (Phi) is 18.8. The van der Waals surface area contributed by atoms with Crippen molar-refractivity contribution in [3.8, 4) is 0 Å². The summed E-state index contributed by atoms with van der Waals surface area (Å²) in [7, 11) is 4.08. The SMILES string of the molecule is CCCCCCCCCCCCCCCCCC(=O)NC(C)CN(C)C. The fourth-order valence-corrected chi connectivity index (χ4v) is 3.60. The summed E-state index contributed by atoms with van der Waals surface area (Å²) in [6.07, 6.45) is 21.2. The van der Waals surface area contributed by atoms with Gasteiger partial charge in [-0.25, -0.2) is 0 Å². The van der Waals surface area contributed by atoms with Crippen LogP contribution in [0.25, 0.3) is 0 Å². The molecule has 26 heavy (non-hydrogen) atoms. The first-order valence-corrected chi connectivity index (χ1v) is 11.5. The highest BCUT2D eigenvalue weighted by Crippen LogP contribution is 2.13. The molecule has 0 heterocycles. The molecule has 0 aromatic heterocycles. The fourth-order valence-electron chi connectivity index (χ4n) is 3.60. The summed E-state index contributed by atoms with van der Waals surface area (Å²) in [5, 5.41) is 3.08. The van der Waals surface area contributed by atoms with E-state index in [4.69, 9.17) is 0 Å². The second-order valence-corrected chi connectivity index (χ2v) is 8.43. The first kappa shape index (κ1) is 25.4. The minimum Gasteiger partial charge on any atom is -0.352 e. The lowest BCUT2D eigenvalue weighted by molar-refractivity contribution is -0.121. The first-order valence-electron chi connectivity index (χ1n) is 11.5. The van der Waals surface area contributed by atoms with Crippen LogP contribution in [0.5, 0.6) is 0 Å². The summed E-state index contributed by atoms with van der Waals surface area (Å²) in [5.41, 5.74) is 0. The van der Waals surface area contributed by atoms with Crippen molar-refractivity contribution >= 4 is 5.91 Å². The van der Waals surface area contributed by atoms with E-state index in [-0.39, 0.29) is 11.9 Å². The van der Waals surface area contributed by atoms with Crippen LogP contribution in [-0.4, -0.2) is 37.5 Å². The van der Waals surface area contributed by atoms with Crippen molar-refractivity contribution in [3.05, 3.63) is 0 Å². The van der Waals surface area contributed by atoms with Crippen LogP contribution < -0.4 is 5.32 Å². The van der Waals surface area contributed by atoms with Crippen molar-refractivity contribution in [2.45, 2.75) is 123 Å². The molecule has 0 spiro atoms. The number of unbranched alkanes of at least 4 members (excludes halogenated alkanes) is 14. The predicted molar refractivity (Wildman–Crippen MR) is 116 cm³/mol. The number of hydrogen-bond acceptors (Lipinski definition) is 2. The van der Waals surface area contributed by atoms with Gasteiger partial charge in [-0.15, -0.1) is 0 Å². The molecule has 0 aromatic rings. The molecular weight excluding hydrogens is 320 g/mol. The Labute approximate surface area is 164 Å². The van der Waals surface area contributed by atoms with Gasteiger partial charge in [-0.1, -0.05) is 96.8 Å². The van der Waals surface area contributed by atoms with E-state index in [1.54, 1.807) is 0 Å². The molecule has 0 aliphatic carbocycles. The zero-order chi connectivity index (χ0) is 19.5. The third kappa shape index (κ3) is 19.8. The summed E-state index contributed by atoms with van der Waals surface area (Å²) >= 11 is 0. The molecule has 0 rings (SSSR count). The molecule has 1 N–H and O–H groups in total. The maximum Gasteiger partial charge on any atom is 0.220 e. The second kappa shape index (κ2) is 19.2. The van der Waals surface area contributed by atoms with Crippen molar-refractivity contribution in [1.29, 1.82) is 0 Å². The van der Waals surface area contributed by atoms with E-state index in [2.05, 4.69) is 24.1 Å². The number of nitrogens with zero attached hydrogens (tertiary/aromatic N) is 1. The molecule has 3 heteroatoms. The highest BCUT2D eigenvalue weighted by atomic mass is 16.1. The van der Waals surface area contributed by atoms with Crippen LogP contribution in [0.1, 0.15) is 117 Å². The van der Waals surface area contributed by atoms with Crippen molar-refractivity contribution in [2.24, 2.45) is 0 Å². The molecule has 0 aliphatic heterocycles. The Balaban J connectivity index is 3.20. The fraction of sp³-hybridized carbons (Fsp3) is 0.957. The van der Waals surface area contributed by atoms with Gasteiger partial charge in [-0.2, -0.15) is 0 Å². The normalized spacial score (nSPS) is 12.5. The number of carbonyl (C=O) groups excluding carboxylic acids is 1. The van der Waals surface area contributed by atoms with Crippen molar-refractivity contribution in [1.82, 2.24) is 10.2 Å². The average Bonchev–Trinajstić information content (AvgIpc) is 2.57. The minimum absolute atomic E-state index is 0.217. The molecule has 0 saturated heterocycles. The molecule has 0 fully saturated rings. The largest absolute Gasteiger partial charge is 0.352 e. The molecule has 0 saturated carbocycles. The van der Waals surface area contributed by atoms with E-state index in [0.717, 1.165) is 13.0 Å². The van der Waals surface area contributed by atoms with E-state index >= 15 is 0 Å². The molecule has 0 aliphatic rings. The monoisotopic (exact) mass is 368 g/mol. The Hall–Kier alpha value is -0.570. The van der Waals surface area contributed by atoms with Crippen LogP contribution in [0.2, 0.25) is 0 Å². The molecule has 156 valence electrons. The van der Waals surface area contributed by atoms with Gasteiger partial charge < -0.3 is 10.2 Å². The van der Waals surface area contributed by atoms with Crippen LogP contribution in [0.3, 0.4) is 0 Å². The Morgan fingerprint density at radius 1 is 0.731 bits per heavy atom. The molecule has 0 bridgehead atoms. The second-order valence-electron chi connectivity index (χ2n) is 8.43. The summed E-state index contributed by atoms with van der Waals surface area (Å²) in [6.45, 7) is 5.26. The smallest absolute Gasteiger partial charge is 0.220 e. The summed E-state index contributed by atoms with van der Waals surface area (Å²) in [6, 6.07) is 0.244. The van der Waals surface area contributed by atoms with Crippen LogP contribution in [0.4, 0.5) is 0 Å². The lowest BCUT2D eigenvalue weighted by Gasteiger charge is -2.18. The van der Waals surface area contributed by atoms with Gasteiger partial charge >= 0.3 is 0 Å². The standard InChI is InChI=1S/C23H48N2O/c1-5-6-7-8-9-10-11-12-13-14-15-16-17-18-19-20-23(26)24-22(2)21-25(3)4/h22H,5-21H2,1-4H3,(H,24,26). The van der Waals surface area contributed by atoms with Crippen molar-refractivity contribution < 1.29 is 4.79 Å². The predicted octanol–water partition coefficient (Wildman–Crippen LogP) is 6.31. The van der Waals surface area contributed by atoms with Crippen LogP contribution >= 0.6 is 0 Å². The molecule has 1 unspecified atom stereocenters. The number of rotatable bonds is 19. The number of nitrogens with one attached hydrogen (secondary N) is 1. The van der Waals surface area contributed by atoms with Crippen LogP contribution in [0, 0.1) is 0 Å². The summed E-state index contributed by atoms with van der Waals surface area (Å²) < 4.78 is 0. The first-order chi connectivity index (χ1) is 12.6. The highest BCUT2D eigenvalue weighted by Gasteiger charge is 2.07. The van der Waals surface area contributed by atoms with Crippen LogP contribution in [0.15, 0.2) is 0 Å². The van der Waals surface area contributed by atoms with Gasteiger partial charge in [-0.05, 0) is 27.4 Å². The molecule has 0 aromatic carbocycles. The number of likely N-dealkylation sites (N-methyl/N-ethyl adjacent to an activating group) is 1. The zero-order valence-electron chi connectivity index (χ0n) is 18.5. The molecule has 0 radical (unpaired) electrons. The Bertz CT molecular complexity index is 305. The third-order valence-corrected chi connectivity index (χ3v) is 5.05. The van der Waals surface area contributed by atoms with E-state index in [1.165, 1.54) is 89.9 Å². The van der Waals surface area contributed by atoms with Gasteiger partial charge in [-0.3, -0.25) is 4.79 Å². The van der Waals surface area contributed by atoms with Crippen molar-refractivity contribution in [2.75, 3.05) is 20.6 Å². The maximum absolute atomic E-state index is 11.8. The van der Waals surface area contributed by atoms with E-state index in [1.807, 2.05) is 14.1 Å². The Morgan fingerprint density at radius 2 is 1.12 bits per heavy atom. The van der Waals surface area contributed by atoms with Crippen LogP contribution in [-0.2, 0) is 4.79 Å².